The topological polar surface area (TPSA) is 402 Å². The van der Waals surface area contributed by atoms with Gasteiger partial charge in [-0.05, 0) is 12.8 Å². The third kappa shape index (κ3) is 8.83. The molecule has 0 aromatic heterocycles. The maximum Gasteiger partial charge on any atom is 0.251 e. The normalized spacial score (nSPS) is 47.5. The molecule has 0 aromatic carbocycles. The van der Waals surface area contributed by atoms with Crippen LogP contribution in [0.25, 0.3) is 0 Å². The number of aliphatic hydroxyl groups is 8. The number of rotatable bonds is 13. The predicted octanol–water partition coefficient (Wildman–Crippen LogP) is -10.0. The number of hydrogen-bond acceptors (Lipinski definition) is 21. The first-order valence-corrected chi connectivity index (χ1v) is 16.1. The van der Waals surface area contributed by atoms with Crippen molar-refractivity contribution in [3.63, 3.8) is 0 Å². The molecule has 1 amide bonds. The van der Waals surface area contributed by atoms with Crippen molar-refractivity contribution in [3.05, 3.63) is 0 Å². The molecule has 20 atom stereocenters. The van der Waals surface area contributed by atoms with Crippen molar-refractivity contribution in [2.75, 3.05) is 26.2 Å². The summed E-state index contributed by atoms with van der Waals surface area (Å²) < 4.78 is 35.1. The standard InChI is InChI=1S/C27H53N7O15/c28-3-11(37)17(39)24(43)34-9-1-7(31)21(47-25-8(32)2-10(36)12(4-29)44-25)23(16(9)38)49-27-20(42)22(14(6-35)46-27)48-26-15(33)19(41)18(40)13(5-30)45-26/h7-23,25-27,35-42H,1-6,28-33H2,(H,34,43)/t7-,8+,9+,10?,11+,12+,13-,14+,15+,16-,17?,18+,19+,20+,21+,22+,23+,25+,26+,27-/m0/s1. The smallest absolute Gasteiger partial charge is 0.251 e. The van der Waals surface area contributed by atoms with E-state index >= 15 is 0 Å². The van der Waals surface area contributed by atoms with Crippen molar-refractivity contribution in [2.24, 2.45) is 34.4 Å². The summed E-state index contributed by atoms with van der Waals surface area (Å²) in [4.78, 5) is 12.7. The molecular weight excluding hydrogens is 662 g/mol. The molecule has 1 aliphatic carbocycles. The molecule has 4 aliphatic rings. The lowest BCUT2D eigenvalue weighted by Crippen LogP contribution is -2.67. The Bertz CT molecular complexity index is 1060. The van der Waals surface area contributed by atoms with Gasteiger partial charge >= 0.3 is 0 Å². The van der Waals surface area contributed by atoms with E-state index in [0.29, 0.717) is 0 Å². The van der Waals surface area contributed by atoms with Crippen LogP contribution in [0.15, 0.2) is 0 Å². The maximum absolute atomic E-state index is 12.7. The van der Waals surface area contributed by atoms with Crippen LogP contribution in [0.4, 0.5) is 0 Å². The van der Waals surface area contributed by atoms with Gasteiger partial charge in [0.15, 0.2) is 25.0 Å². The minimum atomic E-state index is -1.94. The number of ether oxygens (including phenoxy) is 6. The van der Waals surface area contributed by atoms with Gasteiger partial charge in [-0.1, -0.05) is 0 Å². The van der Waals surface area contributed by atoms with Crippen molar-refractivity contribution < 1.29 is 74.1 Å². The quantitative estimate of drug-likeness (QED) is 0.0841. The van der Waals surface area contributed by atoms with E-state index in [9.17, 15) is 45.6 Å². The number of hydrogen-bond donors (Lipinski definition) is 15. The van der Waals surface area contributed by atoms with E-state index in [4.69, 9.17) is 62.8 Å². The summed E-state index contributed by atoms with van der Waals surface area (Å²) in [5.41, 5.74) is 35.4. The third-order valence-electron chi connectivity index (χ3n) is 9.38. The molecule has 3 heterocycles. The second-order valence-corrected chi connectivity index (χ2v) is 12.9. The van der Waals surface area contributed by atoms with Gasteiger partial charge in [-0.3, -0.25) is 4.79 Å². The summed E-state index contributed by atoms with van der Waals surface area (Å²) in [5.74, 6) is -1.07. The SMILES string of the molecule is NC[C@@H](O)C(O)C(=O)N[C@@H]1C[C@H](N)[C@@H](O[C@H]2O[C@H](CN)C(O)C[C@H]2N)[C@H](O[C@@H]2O[C@H](CO)[C@@H](O[C@H]3O[C@@H](CN)[C@@H](O)[C@H](O)[C@H]3N)[C@H]2O)[C@H]1O. The molecule has 4 fully saturated rings. The zero-order valence-corrected chi connectivity index (χ0v) is 26.7. The molecule has 0 aromatic rings. The number of nitrogens with two attached hydrogens (primary N) is 6. The van der Waals surface area contributed by atoms with Gasteiger partial charge in [0.05, 0.1) is 36.9 Å². The summed E-state index contributed by atoms with van der Waals surface area (Å²) in [6.45, 7) is -1.42. The Kier molecular flexibility index (Phi) is 14.4. The van der Waals surface area contributed by atoms with Gasteiger partial charge in [-0.2, -0.15) is 0 Å². The zero-order valence-electron chi connectivity index (χ0n) is 26.7. The lowest BCUT2D eigenvalue weighted by molar-refractivity contribution is -0.296. The van der Waals surface area contributed by atoms with Crippen LogP contribution in [0.3, 0.4) is 0 Å². The summed E-state index contributed by atoms with van der Waals surface area (Å²) in [6, 6.07) is -4.42. The van der Waals surface area contributed by atoms with E-state index in [-0.39, 0.29) is 25.9 Å². The summed E-state index contributed by atoms with van der Waals surface area (Å²) in [6.07, 6.45) is -22.6. The Labute approximate surface area is 281 Å². The molecule has 0 bridgehead atoms. The summed E-state index contributed by atoms with van der Waals surface area (Å²) in [7, 11) is 0. The fraction of sp³-hybridized carbons (Fsp3) is 0.963. The molecule has 3 saturated heterocycles. The zero-order chi connectivity index (χ0) is 36.3. The molecule has 0 radical (unpaired) electrons. The molecule has 22 heteroatoms. The first-order valence-electron chi connectivity index (χ1n) is 16.1. The van der Waals surface area contributed by atoms with E-state index in [1.807, 2.05) is 0 Å². The second-order valence-electron chi connectivity index (χ2n) is 12.9. The summed E-state index contributed by atoms with van der Waals surface area (Å²) >= 11 is 0. The van der Waals surface area contributed by atoms with E-state index in [1.165, 1.54) is 0 Å². The lowest BCUT2D eigenvalue weighted by Gasteiger charge is -2.47. The highest BCUT2D eigenvalue weighted by atomic mass is 16.8. The van der Waals surface area contributed by atoms with Gasteiger partial charge in [-0.15, -0.1) is 0 Å². The fourth-order valence-electron chi connectivity index (χ4n) is 6.40. The van der Waals surface area contributed by atoms with Gasteiger partial charge in [-0.25, -0.2) is 0 Å². The molecule has 22 nitrogen and oxygen atoms in total. The average molecular weight is 716 g/mol. The highest BCUT2D eigenvalue weighted by Gasteiger charge is 2.54. The van der Waals surface area contributed by atoms with Crippen molar-refractivity contribution in [1.29, 1.82) is 0 Å². The van der Waals surface area contributed by atoms with E-state index in [1.54, 1.807) is 0 Å². The highest BCUT2D eigenvalue weighted by Crippen LogP contribution is 2.34. The number of amides is 1. The minimum absolute atomic E-state index is 0.0480. The van der Waals surface area contributed by atoms with E-state index < -0.39 is 141 Å². The fourth-order valence-corrected chi connectivity index (χ4v) is 6.40. The Morgan fingerprint density at radius 1 is 0.714 bits per heavy atom. The number of carbonyl (C=O) groups excluding carboxylic acids is 1. The lowest BCUT2D eigenvalue weighted by atomic mass is 9.83. The Morgan fingerprint density at radius 2 is 1.31 bits per heavy atom. The molecule has 4 rings (SSSR count). The van der Waals surface area contributed by atoms with E-state index in [0.717, 1.165) is 0 Å². The van der Waals surface area contributed by atoms with Gasteiger partial charge in [0.25, 0.3) is 5.91 Å². The predicted molar refractivity (Wildman–Crippen MR) is 162 cm³/mol. The molecule has 286 valence electrons. The van der Waals surface area contributed by atoms with Crippen molar-refractivity contribution in [3.8, 4) is 0 Å². The molecular formula is C27H53N7O15. The van der Waals surface area contributed by atoms with Crippen LogP contribution in [-0.4, -0.2) is 195 Å². The monoisotopic (exact) mass is 715 g/mol. The second kappa shape index (κ2) is 17.5. The molecule has 21 N–H and O–H groups in total. The number of aliphatic hydroxyl groups excluding tert-OH is 8. The number of nitrogens with one attached hydrogen (secondary N) is 1. The van der Waals surface area contributed by atoms with Gasteiger partial charge in [0.1, 0.15) is 61.0 Å². The van der Waals surface area contributed by atoms with Crippen LogP contribution in [-0.2, 0) is 33.2 Å². The van der Waals surface area contributed by atoms with Gasteiger partial charge in [0, 0.05) is 25.7 Å². The van der Waals surface area contributed by atoms with Crippen LogP contribution in [0.2, 0.25) is 0 Å². The first kappa shape index (κ1) is 40.4. The van der Waals surface area contributed by atoms with Crippen LogP contribution in [0.5, 0.6) is 0 Å². The van der Waals surface area contributed by atoms with E-state index in [2.05, 4.69) is 5.32 Å². The van der Waals surface area contributed by atoms with Crippen LogP contribution in [0, 0.1) is 0 Å². The van der Waals surface area contributed by atoms with Crippen LogP contribution in [0.1, 0.15) is 12.8 Å². The van der Waals surface area contributed by atoms with Gasteiger partial charge in [0.2, 0.25) is 0 Å². The maximum atomic E-state index is 12.7. The Morgan fingerprint density at radius 3 is 1.92 bits per heavy atom. The van der Waals surface area contributed by atoms with Gasteiger partial charge < -0.3 is 109 Å². The molecule has 49 heavy (non-hydrogen) atoms. The largest absolute Gasteiger partial charge is 0.394 e. The molecule has 1 saturated carbocycles. The molecule has 2 unspecified atom stereocenters. The van der Waals surface area contributed by atoms with Crippen molar-refractivity contribution >= 4 is 5.91 Å². The Balaban J connectivity index is 1.56. The first-order chi connectivity index (χ1) is 23.2. The Hall–Kier alpha value is -1.33. The summed E-state index contributed by atoms with van der Waals surface area (Å²) in [5, 5.41) is 86.2. The van der Waals surface area contributed by atoms with Crippen molar-refractivity contribution in [2.45, 2.75) is 135 Å². The molecule has 0 spiro atoms. The third-order valence-corrected chi connectivity index (χ3v) is 9.38. The number of carbonyl (C=O) groups is 1. The molecule has 3 aliphatic heterocycles. The van der Waals surface area contributed by atoms with Crippen LogP contribution >= 0.6 is 0 Å². The highest BCUT2D eigenvalue weighted by molar-refractivity contribution is 5.81. The van der Waals surface area contributed by atoms with Crippen molar-refractivity contribution in [1.82, 2.24) is 5.32 Å². The van der Waals surface area contributed by atoms with Crippen LogP contribution < -0.4 is 39.7 Å². The minimum Gasteiger partial charge on any atom is -0.394 e. The average Bonchev–Trinajstić information content (AvgIpc) is 3.38.